The first-order valence-corrected chi connectivity index (χ1v) is 7.88. The van der Waals surface area contributed by atoms with Gasteiger partial charge in [-0.05, 0) is 32.0 Å². The number of benzene rings is 1. The number of nitrogens with one attached hydrogen (secondary N) is 2. The fourth-order valence-electron chi connectivity index (χ4n) is 2.33. The van der Waals surface area contributed by atoms with Crippen LogP contribution >= 0.6 is 11.6 Å². The highest BCUT2D eigenvalue weighted by Gasteiger charge is 2.18. The number of hydrazine groups is 1. The summed E-state index contributed by atoms with van der Waals surface area (Å²) >= 11 is 6.19. The van der Waals surface area contributed by atoms with Crippen LogP contribution in [0.2, 0.25) is 5.02 Å². The first-order chi connectivity index (χ1) is 11.5. The number of anilines is 1. The minimum atomic E-state index is -0.379. The zero-order valence-electron chi connectivity index (χ0n) is 13.4. The number of aryl methyl sites for hydroxylation is 2. The Bertz CT molecular complexity index is 762. The molecule has 0 radical (unpaired) electrons. The van der Waals surface area contributed by atoms with Gasteiger partial charge >= 0.3 is 0 Å². The fourth-order valence-corrected chi connectivity index (χ4v) is 2.59. The van der Waals surface area contributed by atoms with Crippen molar-refractivity contribution in [1.82, 2.24) is 15.4 Å². The molecule has 0 atom stereocenters. The zero-order valence-corrected chi connectivity index (χ0v) is 14.1. The van der Waals surface area contributed by atoms with Crippen molar-refractivity contribution in [3.63, 3.8) is 0 Å². The minimum absolute atomic E-state index is 0.321. The summed E-state index contributed by atoms with van der Waals surface area (Å²) in [6, 6.07) is 4.98. The number of carbonyl (C=O) groups excluding carboxylic acids is 1. The van der Waals surface area contributed by atoms with Gasteiger partial charge in [-0.2, -0.15) is 0 Å². The van der Waals surface area contributed by atoms with Gasteiger partial charge in [-0.15, -0.1) is 0 Å². The van der Waals surface area contributed by atoms with Crippen LogP contribution in [-0.2, 0) is 0 Å². The molecule has 1 aromatic carbocycles. The zero-order chi connectivity index (χ0) is 17.1. The van der Waals surface area contributed by atoms with Crippen LogP contribution in [0.25, 0.3) is 0 Å². The van der Waals surface area contributed by atoms with Crippen LogP contribution in [0.15, 0.2) is 18.2 Å². The maximum absolute atomic E-state index is 12.3. The van der Waals surface area contributed by atoms with E-state index in [0.717, 1.165) is 17.8 Å². The first-order valence-electron chi connectivity index (χ1n) is 7.51. The van der Waals surface area contributed by atoms with Gasteiger partial charge in [0.1, 0.15) is 0 Å². The summed E-state index contributed by atoms with van der Waals surface area (Å²) in [5, 5.41) is 0.335. The topological polar surface area (TPSA) is 85.4 Å². The highest BCUT2D eigenvalue weighted by atomic mass is 35.5. The van der Waals surface area contributed by atoms with E-state index < -0.39 is 0 Å². The Morgan fingerprint density at radius 2 is 1.83 bits per heavy atom. The maximum atomic E-state index is 12.3. The minimum Gasteiger partial charge on any atom is -0.489 e. The largest absolute Gasteiger partial charge is 0.489 e. The van der Waals surface area contributed by atoms with E-state index in [1.165, 1.54) is 6.07 Å². The molecule has 3 rings (SSSR count). The van der Waals surface area contributed by atoms with E-state index in [1.807, 2.05) is 19.9 Å². The lowest BCUT2D eigenvalue weighted by molar-refractivity contribution is 0.0961. The first kappa shape index (κ1) is 16.3. The molecule has 1 aliphatic heterocycles. The van der Waals surface area contributed by atoms with Crippen LogP contribution in [0.4, 0.5) is 5.95 Å². The van der Waals surface area contributed by atoms with E-state index in [2.05, 4.69) is 20.8 Å². The molecule has 24 heavy (non-hydrogen) atoms. The molecule has 8 heteroatoms. The standard InChI is InChI=1S/C16H17ClN4O3/c1-9-6-10(2)19-16(18-9)21-20-15(22)11-7-12(17)14-13(8-11)23-4-3-5-24-14/h6-8H,3-5H2,1-2H3,(H,20,22)(H,18,19,21). The predicted octanol–water partition coefficient (Wildman–Crippen LogP) is 2.67. The van der Waals surface area contributed by atoms with Crippen molar-refractivity contribution in [2.24, 2.45) is 0 Å². The molecule has 1 aromatic heterocycles. The Balaban J connectivity index is 1.75. The lowest BCUT2D eigenvalue weighted by Gasteiger charge is -2.12. The van der Waals surface area contributed by atoms with Gasteiger partial charge in [0.15, 0.2) is 11.5 Å². The molecular weight excluding hydrogens is 332 g/mol. The third kappa shape index (κ3) is 3.68. The maximum Gasteiger partial charge on any atom is 0.269 e. The van der Waals surface area contributed by atoms with Crippen LogP contribution in [0.1, 0.15) is 28.2 Å². The lowest BCUT2D eigenvalue weighted by atomic mass is 10.2. The number of halogens is 1. The van der Waals surface area contributed by atoms with Crippen molar-refractivity contribution in [3.05, 3.63) is 40.2 Å². The van der Waals surface area contributed by atoms with E-state index in [0.29, 0.717) is 41.2 Å². The summed E-state index contributed by atoms with van der Waals surface area (Å²) in [6.45, 7) is 4.75. The van der Waals surface area contributed by atoms with E-state index in [4.69, 9.17) is 21.1 Å². The Kier molecular flexibility index (Phi) is 4.71. The summed E-state index contributed by atoms with van der Waals surface area (Å²) in [5.41, 5.74) is 7.21. The molecule has 1 amide bonds. The third-order valence-corrected chi connectivity index (χ3v) is 3.62. The molecule has 0 saturated heterocycles. The van der Waals surface area contributed by atoms with Crippen LogP contribution in [0, 0.1) is 13.8 Å². The summed E-state index contributed by atoms with van der Waals surface area (Å²) in [6.07, 6.45) is 0.762. The summed E-state index contributed by atoms with van der Waals surface area (Å²) in [7, 11) is 0. The molecule has 2 N–H and O–H groups in total. The van der Waals surface area contributed by atoms with Gasteiger partial charge in [0.25, 0.3) is 5.91 Å². The number of rotatable bonds is 3. The summed E-state index contributed by atoms with van der Waals surface area (Å²) in [5.74, 6) is 0.876. The molecule has 1 aliphatic rings. The third-order valence-electron chi connectivity index (χ3n) is 3.33. The van der Waals surface area contributed by atoms with Crippen LogP contribution in [0.3, 0.4) is 0 Å². The predicted molar refractivity (Wildman–Crippen MR) is 89.7 cm³/mol. The van der Waals surface area contributed by atoms with Gasteiger partial charge in [0.2, 0.25) is 5.95 Å². The average Bonchev–Trinajstić information content (AvgIpc) is 2.77. The Labute approximate surface area is 144 Å². The summed E-state index contributed by atoms with van der Waals surface area (Å²) in [4.78, 5) is 20.7. The number of carbonyl (C=O) groups is 1. The van der Waals surface area contributed by atoms with Crippen molar-refractivity contribution in [2.45, 2.75) is 20.3 Å². The van der Waals surface area contributed by atoms with E-state index in [-0.39, 0.29) is 5.91 Å². The molecule has 0 fully saturated rings. The molecule has 7 nitrogen and oxygen atoms in total. The smallest absolute Gasteiger partial charge is 0.269 e. The van der Waals surface area contributed by atoms with Gasteiger partial charge in [-0.3, -0.25) is 15.6 Å². The highest BCUT2D eigenvalue weighted by Crippen LogP contribution is 2.37. The second-order valence-corrected chi connectivity index (χ2v) is 5.80. The molecule has 2 aromatic rings. The molecule has 126 valence electrons. The van der Waals surface area contributed by atoms with Crippen LogP contribution in [0.5, 0.6) is 11.5 Å². The quantitative estimate of drug-likeness (QED) is 0.829. The highest BCUT2D eigenvalue weighted by molar-refractivity contribution is 6.32. The fraction of sp³-hybridized carbons (Fsp3) is 0.312. The Morgan fingerprint density at radius 1 is 1.12 bits per heavy atom. The lowest BCUT2D eigenvalue weighted by Crippen LogP contribution is -2.30. The average molecular weight is 349 g/mol. The van der Waals surface area contributed by atoms with Gasteiger partial charge in [-0.25, -0.2) is 9.97 Å². The molecule has 0 saturated carbocycles. The molecule has 0 spiro atoms. The van der Waals surface area contributed by atoms with Crippen LogP contribution in [-0.4, -0.2) is 29.1 Å². The van der Waals surface area contributed by atoms with E-state index >= 15 is 0 Å². The number of nitrogens with zero attached hydrogens (tertiary/aromatic N) is 2. The van der Waals surface area contributed by atoms with Crippen molar-refractivity contribution >= 4 is 23.5 Å². The molecule has 2 heterocycles. The second-order valence-electron chi connectivity index (χ2n) is 5.39. The van der Waals surface area contributed by atoms with E-state index in [1.54, 1.807) is 6.07 Å². The van der Waals surface area contributed by atoms with Crippen molar-refractivity contribution in [1.29, 1.82) is 0 Å². The molecule has 0 unspecified atom stereocenters. The number of amides is 1. The van der Waals surface area contributed by atoms with Crippen molar-refractivity contribution in [3.8, 4) is 11.5 Å². The van der Waals surface area contributed by atoms with Crippen molar-refractivity contribution in [2.75, 3.05) is 18.6 Å². The SMILES string of the molecule is Cc1cc(C)nc(NNC(=O)c2cc(Cl)c3c(c2)OCCCO3)n1. The number of fused-ring (bicyclic) bond motifs is 1. The van der Waals surface area contributed by atoms with Gasteiger partial charge in [-0.1, -0.05) is 11.6 Å². The van der Waals surface area contributed by atoms with Gasteiger partial charge < -0.3 is 9.47 Å². The number of ether oxygens (including phenoxy) is 2. The molecular formula is C16H17ClN4O3. The van der Waals surface area contributed by atoms with Gasteiger partial charge in [0.05, 0.1) is 18.2 Å². The normalized spacial score (nSPS) is 13.1. The number of hydrogen-bond donors (Lipinski definition) is 2. The second kappa shape index (κ2) is 6.92. The number of hydrogen-bond acceptors (Lipinski definition) is 6. The monoisotopic (exact) mass is 348 g/mol. The van der Waals surface area contributed by atoms with Gasteiger partial charge in [0, 0.05) is 23.4 Å². The summed E-state index contributed by atoms with van der Waals surface area (Å²) < 4.78 is 11.1. The molecule has 0 bridgehead atoms. The Morgan fingerprint density at radius 3 is 2.58 bits per heavy atom. The molecule has 0 aliphatic carbocycles. The number of aromatic nitrogens is 2. The Hall–Kier alpha value is -2.54. The van der Waals surface area contributed by atoms with Crippen LogP contribution < -0.4 is 20.3 Å². The van der Waals surface area contributed by atoms with Crippen molar-refractivity contribution < 1.29 is 14.3 Å². The van der Waals surface area contributed by atoms with E-state index in [9.17, 15) is 4.79 Å².